The minimum Gasteiger partial charge on any atom is -1.00 e. The molecule has 8 saturated carbocycles. The Balaban J connectivity index is 0.000000382. The molecule has 0 aromatic heterocycles. The molecule has 2 aromatic carbocycles. The number of nitrogens with two attached hydrogens (primary N) is 1. The summed E-state index contributed by atoms with van der Waals surface area (Å²) >= 11 is 0. The standard InChI is InChI=1S/C30H45F3N4O2.C22H42N4O.C22H38N4O.C22H41N3O4S.C7H5F3.C4H8O.CN.CO2.Al.K.Li.4H/c1-20-23(11-14-34-26(38)21-7-9-22(10-8-21)30(31,32)33)29(4)13-6-12-28(2,3)25(29)19-24(20)35-27(39)37-17-15-36(5)16-18-37;2*1-16-17(7-10-23)22(4)9-6-8-21(2,3)19(22)15-18(16)24-20(27)26-13-11-25(5)12-14-26;1-16-17(15-29-30(6,27)28)22(4)9-7-8-21(2,3)19(22)14-18(16)23-20(26)25-12-10-24(5)11-13-25;8-7(9,10)6-4-2-1-3-5-6;1-2-4-5-3-1;1-2;2-1-3;;;;;;;/h7-10,20,23-25H,6,11-19H2,1-5H3,(H,34,38)(H,35,39);16-19H,6-15,23H2,1-5H3,(H,24,27);16-19H,6-9,11-15H2,1-5H3,(H,24,27);16-19H,7-15H2,1-6H3,(H,23,26);1-5H;1-4H2;;;;;;;;;/q;;;;;;-1;;;2*+1;;;;-1/t20-,23-,24+,25?,29+;3*16-,17-,18+,19?,22+;;;;;;;;;;;/m0000.........../s1. The fraction of sp³-hybridized carbons (Fsp3) is 0.817. The minimum atomic E-state index is -4.43. The summed E-state index contributed by atoms with van der Waals surface area (Å²) in [6.45, 7) is 59.5. The van der Waals surface area contributed by atoms with Gasteiger partial charge in [-0.05, 0) is 276 Å². The molecular weight excluding hydrogens is 1930 g/mol. The van der Waals surface area contributed by atoms with Gasteiger partial charge >= 0.3 is 113 Å². The third-order valence-corrected chi connectivity index (χ3v) is 37.9. The van der Waals surface area contributed by atoms with Crippen LogP contribution in [0.5, 0.6) is 0 Å². The first kappa shape index (κ1) is 132. The zero-order valence-electron chi connectivity index (χ0n) is 93.3. The monoisotopic (exact) mass is 2110 g/mol. The van der Waals surface area contributed by atoms with Crippen LogP contribution in [-0.2, 0) is 41.0 Å². The number of alkyl halides is 6. The predicted octanol–water partition coefficient (Wildman–Crippen LogP) is 11.2. The molecular formula is C109H183AlF6KLiN16O11S. The number of carbonyl (C=O) groups excluding carboxylic acids is 7. The number of hydrogen-bond donors (Lipinski definition) is 6. The molecule has 9 amide bonds. The maximum Gasteiger partial charge on any atom is 1.00 e. The molecule has 4 unspecified atom stereocenters. The average Bonchev–Trinajstić information content (AvgIpc) is 0.824. The van der Waals surface area contributed by atoms with Crippen molar-refractivity contribution in [3.05, 3.63) is 77.9 Å². The number of nitriles is 1. The van der Waals surface area contributed by atoms with Gasteiger partial charge in [-0.15, -0.1) is 0 Å². The maximum atomic E-state index is 13.2. The zero-order chi connectivity index (χ0) is 106. The van der Waals surface area contributed by atoms with E-state index in [1.54, 1.807) is 6.07 Å². The summed E-state index contributed by atoms with van der Waals surface area (Å²) in [6, 6.07) is 14.0. The van der Waals surface area contributed by atoms with E-state index in [4.69, 9.17) is 36.1 Å². The van der Waals surface area contributed by atoms with Crippen molar-refractivity contribution >= 4 is 63.7 Å². The van der Waals surface area contributed by atoms with Crippen LogP contribution in [0.4, 0.5) is 45.5 Å². The van der Waals surface area contributed by atoms with Gasteiger partial charge in [-0.3, -0.25) is 8.98 Å². The molecule has 15 rings (SSSR count). The molecule has 20 atom stereocenters. The molecule has 818 valence electrons. The number of amides is 9. The van der Waals surface area contributed by atoms with Gasteiger partial charge in [0.2, 0.25) is 0 Å². The van der Waals surface area contributed by atoms with Gasteiger partial charge in [0.15, 0.2) is 17.4 Å². The number of halogens is 6. The number of benzene rings is 2. The van der Waals surface area contributed by atoms with Crippen LogP contribution in [0.1, 0.15) is 269 Å². The number of piperazine rings is 4. The Morgan fingerprint density at radius 3 is 1.00 bits per heavy atom. The van der Waals surface area contributed by atoms with E-state index < -0.39 is 33.6 Å². The number of likely N-dealkylation sites (N-methyl/N-ethyl adjacent to an activating group) is 4. The molecule has 146 heavy (non-hydrogen) atoms. The van der Waals surface area contributed by atoms with Crippen LogP contribution < -0.4 is 103 Å². The van der Waals surface area contributed by atoms with Gasteiger partial charge in [0.25, 0.3) is 16.0 Å². The summed E-state index contributed by atoms with van der Waals surface area (Å²) < 4.78 is 108. The van der Waals surface area contributed by atoms with Gasteiger partial charge in [0, 0.05) is 161 Å². The van der Waals surface area contributed by atoms with Crippen LogP contribution in [0.3, 0.4) is 0 Å². The molecule has 0 bridgehead atoms. The third kappa shape index (κ3) is 34.9. The molecule has 5 aliphatic heterocycles. The first-order valence-electron chi connectivity index (χ1n) is 53.2. The number of ether oxygens (including phenoxy) is 1. The molecule has 13 aliphatic rings. The maximum absolute atomic E-state index is 13.2. The van der Waals surface area contributed by atoms with Crippen LogP contribution in [0.25, 0.3) is 0 Å². The van der Waals surface area contributed by atoms with Crippen LogP contribution in [0.2, 0.25) is 0 Å². The zero-order valence-corrected chi connectivity index (χ0v) is 96.3. The molecule has 7 N–H and O–H groups in total. The van der Waals surface area contributed by atoms with Gasteiger partial charge in [0.05, 0.1) is 30.1 Å². The molecule has 0 spiro atoms. The molecule has 27 nitrogen and oxygen atoms in total. The number of nitrogens with zero attached hydrogens (tertiary/aromatic N) is 10. The van der Waals surface area contributed by atoms with E-state index in [1.165, 1.54) is 88.5 Å². The number of urea groups is 4. The Kier molecular flexibility index (Phi) is 52.1. The summed E-state index contributed by atoms with van der Waals surface area (Å²) in [5.41, 5.74) is 6.52. The van der Waals surface area contributed by atoms with E-state index in [-0.39, 0.29) is 212 Å². The molecule has 5 saturated heterocycles. The number of nitrogens with one attached hydrogen (secondary N) is 5. The van der Waals surface area contributed by atoms with Crippen molar-refractivity contribution in [1.29, 1.82) is 10.5 Å². The van der Waals surface area contributed by atoms with Crippen LogP contribution in [0, 0.1) is 137 Å². The van der Waals surface area contributed by atoms with Gasteiger partial charge in [-0.25, -0.2) is 19.2 Å². The Bertz CT molecular complexity index is 4570. The van der Waals surface area contributed by atoms with Gasteiger partial charge in [-0.2, -0.15) is 49.6 Å². The fourth-order valence-corrected chi connectivity index (χ4v) is 29.2. The van der Waals surface area contributed by atoms with E-state index in [0.29, 0.717) is 77.1 Å². The number of carbonyl (C=O) groups is 5. The van der Waals surface area contributed by atoms with E-state index in [1.807, 2.05) is 19.6 Å². The largest absolute Gasteiger partial charge is 1.00 e. The van der Waals surface area contributed by atoms with Crippen LogP contribution >= 0.6 is 0 Å². The third-order valence-electron chi connectivity index (χ3n) is 37.3. The van der Waals surface area contributed by atoms with Gasteiger partial charge in [0.1, 0.15) is 0 Å². The Morgan fingerprint density at radius 2 is 0.733 bits per heavy atom. The Labute approximate surface area is 939 Å². The Morgan fingerprint density at radius 1 is 0.459 bits per heavy atom. The summed E-state index contributed by atoms with van der Waals surface area (Å²) in [5.74, 6) is 4.27. The predicted molar refractivity (Wildman–Crippen MR) is 557 cm³/mol. The van der Waals surface area contributed by atoms with Gasteiger partial charge in [-0.1, -0.05) is 167 Å². The second-order valence-corrected chi connectivity index (χ2v) is 49.8. The second kappa shape index (κ2) is 57.7. The van der Waals surface area contributed by atoms with Crippen molar-refractivity contribution in [3.8, 4) is 6.07 Å². The van der Waals surface area contributed by atoms with Crippen LogP contribution in [0.15, 0.2) is 54.6 Å². The first-order valence-corrected chi connectivity index (χ1v) is 55.0. The van der Waals surface area contributed by atoms with Gasteiger partial charge < -0.3 is 89.5 Å². The Hall–Kier alpha value is -4.63. The molecule has 2 aromatic rings. The summed E-state index contributed by atoms with van der Waals surface area (Å²) in [5, 5.41) is 32.3. The normalized spacial score (nSPS) is 32.4. The van der Waals surface area contributed by atoms with Crippen molar-refractivity contribution < 1.29 is 149 Å². The number of rotatable bonds is 14. The van der Waals surface area contributed by atoms with E-state index in [2.05, 4.69) is 191 Å². The summed E-state index contributed by atoms with van der Waals surface area (Å²) in [6.07, 6.45) is 16.3. The summed E-state index contributed by atoms with van der Waals surface area (Å²) in [7, 11) is 4.89. The second-order valence-electron chi connectivity index (χ2n) is 48.1. The quantitative estimate of drug-likeness (QED) is 0.0443. The number of fused-ring (bicyclic) bond motifs is 4. The van der Waals surface area contributed by atoms with Crippen molar-refractivity contribution in [3.63, 3.8) is 0 Å². The first-order chi connectivity index (χ1) is 66.9. The van der Waals surface area contributed by atoms with Crippen LogP contribution in [-0.4, -0.2) is 297 Å². The SMILES string of the molecule is C1CCOC1.C[C@@H]1[C@H](NC(=O)N2CCN(C)CC2)CC2C(C)(C)CCC[C@]2(C)[C@H]1CC#N.C[C@@H]1[C@H](NC(=O)N2CCN(C)CC2)CC2C(C)(C)CCC[C@]2(C)[C@H]1CCN.C[C@@H]1[C@H](NC(=O)N2CCN(C)CC2)CC2C(C)(C)CCC[C@]2(C)[C@H]1CCNC(=O)c1ccc(C(F)(F)F)cc1.C[C@@H]1[C@H](NC(=O)N2CCN(C)CC2)CC2C(C)(C)CCC[C@]2(C)[C@H]1COS(C)(=O)=O.FC(F)(F)c1ccccc1.O=C=O.[AlH3].[C-]#N.[H-].[K+].[Li+]. The fourth-order valence-electron chi connectivity index (χ4n) is 28.8. The molecule has 13 fully saturated rings. The molecule has 0 radical (unpaired) electrons. The number of hydrogen-bond acceptors (Lipinski definition) is 18. The van der Waals surface area contributed by atoms with Crippen molar-refractivity contribution in [2.45, 2.75) is 282 Å². The van der Waals surface area contributed by atoms with Crippen molar-refractivity contribution in [1.82, 2.24) is 65.8 Å². The summed E-state index contributed by atoms with van der Waals surface area (Å²) in [4.78, 5) is 98.0. The van der Waals surface area contributed by atoms with E-state index in [9.17, 15) is 64.0 Å². The van der Waals surface area contributed by atoms with E-state index >= 15 is 0 Å². The molecule has 37 heteroatoms. The molecule has 5 heterocycles. The smallest absolute Gasteiger partial charge is 1.00 e. The topological polar surface area (TPSA) is 332 Å². The van der Waals surface area contributed by atoms with Crippen molar-refractivity contribution in [2.75, 3.05) is 172 Å². The van der Waals surface area contributed by atoms with E-state index in [0.717, 1.165) is 219 Å². The average molecular weight is 2110 g/mol. The molecule has 8 aliphatic carbocycles. The van der Waals surface area contributed by atoms with Crippen molar-refractivity contribution in [2.24, 2.45) is 120 Å². The minimum absolute atomic E-state index is 0.